The molecule has 0 aliphatic carbocycles. The molecule has 0 atom stereocenters. The van der Waals surface area contributed by atoms with Gasteiger partial charge in [-0.15, -0.1) is 0 Å². The third kappa shape index (κ3) is 4.83. The summed E-state index contributed by atoms with van der Waals surface area (Å²) in [4.78, 5) is 4.74. The van der Waals surface area contributed by atoms with Crippen molar-refractivity contribution in [2.24, 2.45) is 0 Å². The molecule has 0 spiro atoms. The van der Waals surface area contributed by atoms with Crippen LogP contribution in [-0.4, -0.2) is 43.0 Å². The topological polar surface area (TPSA) is 15.7 Å². The lowest BCUT2D eigenvalue weighted by atomic mass is 10.1. The predicted octanol–water partition coefficient (Wildman–Crippen LogP) is 4.27. The largest absolute Gasteiger partial charge is 0.457 e. The zero-order valence-corrected chi connectivity index (χ0v) is 14.8. The Kier molecular flexibility index (Phi) is 5.77. The number of likely N-dealkylation sites (N-methyl/N-ethyl adjacent to an activating group) is 1. The molecular weight excluding hydrogens is 304 g/mol. The number of hydrogen-bond donors (Lipinski definition) is 0. The van der Waals surface area contributed by atoms with Gasteiger partial charge in [-0.2, -0.15) is 0 Å². The van der Waals surface area contributed by atoms with Gasteiger partial charge in [-0.05, 0) is 29.8 Å². The number of benzene rings is 2. The van der Waals surface area contributed by atoms with Gasteiger partial charge in [0.1, 0.15) is 16.5 Å². The Morgan fingerprint density at radius 2 is 1.43 bits per heavy atom. The summed E-state index contributed by atoms with van der Waals surface area (Å²) in [6, 6.07) is 17.7. The second-order valence-corrected chi connectivity index (χ2v) is 6.03. The highest BCUT2D eigenvalue weighted by Crippen LogP contribution is 2.25. The predicted molar refractivity (Wildman–Crippen MR) is 101 cm³/mol. The van der Waals surface area contributed by atoms with E-state index < -0.39 is 0 Å². The second kappa shape index (κ2) is 7.79. The summed E-state index contributed by atoms with van der Waals surface area (Å²) < 4.78 is 5.83. The van der Waals surface area contributed by atoms with Gasteiger partial charge in [0.15, 0.2) is 0 Å². The van der Waals surface area contributed by atoms with E-state index in [0.29, 0.717) is 0 Å². The normalized spacial score (nSPS) is 11.0. The maximum Gasteiger partial charge on any atom is 0.127 e. The van der Waals surface area contributed by atoms with Crippen LogP contribution in [-0.2, 0) is 0 Å². The third-order valence-electron chi connectivity index (χ3n) is 3.17. The Morgan fingerprint density at radius 1 is 0.870 bits per heavy atom. The summed E-state index contributed by atoms with van der Waals surface area (Å²) in [5, 5.41) is 0. The highest BCUT2D eigenvalue weighted by Gasteiger charge is 2.11. The first-order valence-corrected chi connectivity index (χ1v) is 7.81. The van der Waals surface area contributed by atoms with Gasteiger partial charge in [0.25, 0.3) is 0 Å². The number of ether oxygens (including phenoxy) is 1. The molecule has 0 radical (unpaired) electrons. The fourth-order valence-corrected chi connectivity index (χ4v) is 2.25. The first-order valence-electron chi connectivity index (χ1n) is 7.40. The van der Waals surface area contributed by atoms with Gasteiger partial charge in [-0.1, -0.05) is 42.5 Å². The van der Waals surface area contributed by atoms with E-state index in [0.717, 1.165) is 27.6 Å². The smallest absolute Gasteiger partial charge is 0.127 e. The molecule has 0 saturated heterocycles. The summed E-state index contributed by atoms with van der Waals surface area (Å²) in [7, 11) is 7.90. The molecule has 0 aliphatic heterocycles. The number of thiocarbonyl (C=S) groups is 1. The van der Waals surface area contributed by atoms with E-state index in [4.69, 9.17) is 17.0 Å². The van der Waals surface area contributed by atoms with Crippen LogP contribution < -0.4 is 4.74 Å². The Morgan fingerprint density at radius 3 is 1.96 bits per heavy atom. The van der Waals surface area contributed by atoms with Crippen LogP contribution in [0.5, 0.6) is 11.5 Å². The van der Waals surface area contributed by atoms with Crippen molar-refractivity contribution in [3.05, 3.63) is 66.4 Å². The van der Waals surface area contributed by atoms with E-state index in [-0.39, 0.29) is 0 Å². The molecule has 0 saturated carbocycles. The standard InChI is InChI=1S/C19H22N2OS/c1-20(2)14-18(19(23)21(3)4)15-10-12-17(13-11-15)22-16-8-6-5-7-9-16/h5-14H,1-4H3/b18-14-. The minimum absolute atomic E-state index is 0.801. The molecule has 2 aromatic rings. The SMILES string of the molecule is CN(C)/C=C(\C(=S)N(C)C)c1ccc(Oc2ccccc2)cc1. The van der Waals surface area contributed by atoms with E-state index in [1.807, 2.05) is 98.8 Å². The molecule has 0 heterocycles. The van der Waals surface area contributed by atoms with Gasteiger partial charge in [0.2, 0.25) is 0 Å². The Bertz CT molecular complexity index is 676. The summed E-state index contributed by atoms with van der Waals surface area (Å²) in [6.45, 7) is 0. The van der Waals surface area contributed by atoms with E-state index in [1.54, 1.807) is 0 Å². The van der Waals surface area contributed by atoms with Crippen molar-refractivity contribution in [1.29, 1.82) is 0 Å². The zero-order chi connectivity index (χ0) is 16.8. The van der Waals surface area contributed by atoms with Crippen molar-refractivity contribution in [3.8, 4) is 11.5 Å². The molecule has 0 N–H and O–H groups in total. The molecule has 2 aromatic carbocycles. The molecule has 0 aliphatic rings. The minimum atomic E-state index is 0.801. The second-order valence-electron chi connectivity index (χ2n) is 5.65. The van der Waals surface area contributed by atoms with E-state index in [1.165, 1.54) is 0 Å². The van der Waals surface area contributed by atoms with E-state index in [9.17, 15) is 0 Å². The Balaban J connectivity index is 2.24. The van der Waals surface area contributed by atoms with Crippen LogP contribution >= 0.6 is 12.2 Å². The highest BCUT2D eigenvalue weighted by molar-refractivity contribution is 7.81. The van der Waals surface area contributed by atoms with Crippen LogP contribution in [0.15, 0.2) is 60.8 Å². The van der Waals surface area contributed by atoms with Crippen LogP contribution in [0.2, 0.25) is 0 Å². The number of nitrogens with zero attached hydrogens (tertiary/aromatic N) is 2. The van der Waals surface area contributed by atoms with Gasteiger partial charge in [-0.25, -0.2) is 0 Å². The van der Waals surface area contributed by atoms with Crippen molar-refractivity contribution in [3.63, 3.8) is 0 Å². The quantitative estimate of drug-likeness (QED) is 0.602. The van der Waals surface area contributed by atoms with Gasteiger partial charge in [-0.3, -0.25) is 0 Å². The monoisotopic (exact) mass is 326 g/mol. The first kappa shape index (κ1) is 17.0. The van der Waals surface area contributed by atoms with Crippen LogP contribution in [0, 0.1) is 0 Å². The Hall–Kier alpha value is -2.33. The lowest BCUT2D eigenvalue weighted by Gasteiger charge is -2.19. The Labute approximate surface area is 143 Å². The number of rotatable bonds is 5. The molecule has 0 bridgehead atoms. The molecule has 3 nitrogen and oxygen atoms in total. The molecule has 0 aromatic heterocycles. The van der Waals surface area contributed by atoms with Crippen LogP contribution in [0.3, 0.4) is 0 Å². The lowest BCUT2D eigenvalue weighted by molar-refractivity contribution is 0.482. The minimum Gasteiger partial charge on any atom is -0.457 e. The summed E-state index contributed by atoms with van der Waals surface area (Å²) in [5.41, 5.74) is 2.08. The van der Waals surface area contributed by atoms with Crippen molar-refractivity contribution in [1.82, 2.24) is 9.80 Å². The molecule has 0 unspecified atom stereocenters. The number of para-hydroxylation sites is 1. The molecule has 0 fully saturated rings. The van der Waals surface area contributed by atoms with Crippen molar-refractivity contribution >= 4 is 22.8 Å². The third-order valence-corrected chi connectivity index (χ3v) is 3.75. The summed E-state index contributed by atoms with van der Waals surface area (Å²) in [6.07, 6.45) is 2.04. The van der Waals surface area contributed by atoms with Gasteiger partial charge in [0.05, 0.1) is 0 Å². The molecule has 0 amide bonds. The first-order chi connectivity index (χ1) is 11.0. The molecule has 120 valence electrons. The van der Waals surface area contributed by atoms with Crippen molar-refractivity contribution in [2.45, 2.75) is 0 Å². The van der Waals surface area contributed by atoms with Crippen molar-refractivity contribution in [2.75, 3.05) is 28.2 Å². The fraction of sp³-hybridized carbons (Fsp3) is 0.211. The summed E-state index contributed by atoms with van der Waals surface area (Å²) in [5.74, 6) is 1.63. The molecule has 4 heteroatoms. The zero-order valence-electron chi connectivity index (χ0n) is 14.0. The molecule has 2 rings (SSSR count). The van der Waals surface area contributed by atoms with Gasteiger partial charge >= 0.3 is 0 Å². The van der Waals surface area contributed by atoms with Gasteiger partial charge in [0, 0.05) is 40.0 Å². The average molecular weight is 326 g/mol. The molecular formula is C19H22N2OS. The summed E-state index contributed by atoms with van der Waals surface area (Å²) >= 11 is 5.54. The number of hydrogen-bond acceptors (Lipinski definition) is 3. The van der Waals surface area contributed by atoms with Gasteiger partial charge < -0.3 is 14.5 Å². The van der Waals surface area contributed by atoms with Crippen LogP contribution in [0.1, 0.15) is 5.56 Å². The highest BCUT2D eigenvalue weighted by atomic mass is 32.1. The average Bonchev–Trinajstić information content (AvgIpc) is 2.53. The van der Waals surface area contributed by atoms with E-state index in [2.05, 4.69) is 0 Å². The van der Waals surface area contributed by atoms with E-state index >= 15 is 0 Å². The molecule has 23 heavy (non-hydrogen) atoms. The fourth-order valence-electron chi connectivity index (χ4n) is 2.08. The maximum absolute atomic E-state index is 5.83. The van der Waals surface area contributed by atoms with Crippen molar-refractivity contribution < 1.29 is 4.74 Å². The van der Waals surface area contributed by atoms with Crippen LogP contribution in [0.4, 0.5) is 0 Å². The van der Waals surface area contributed by atoms with Crippen LogP contribution in [0.25, 0.3) is 5.57 Å². The lowest BCUT2D eigenvalue weighted by Crippen LogP contribution is -2.22. The maximum atomic E-state index is 5.83.